The highest BCUT2D eigenvalue weighted by atomic mass is 32.1. The van der Waals surface area contributed by atoms with Gasteiger partial charge in [-0.3, -0.25) is 9.59 Å². The van der Waals surface area contributed by atoms with E-state index >= 15 is 0 Å². The van der Waals surface area contributed by atoms with Crippen LogP contribution >= 0.6 is 11.3 Å². The van der Waals surface area contributed by atoms with E-state index in [2.05, 4.69) is 36.5 Å². The Morgan fingerprint density at radius 2 is 1.79 bits per heavy atom. The molecule has 1 N–H and O–H groups in total. The summed E-state index contributed by atoms with van der Waals surface area (Å²) in [7, 11) is 0. The van der Waals surface area contributed by atoms with E-state index in [1.807, 2.05) is 16.3 Å². The monoisotopic (exact) mass is 342 g/mol. The molecule has 2 heterocycles. The summed E-state index contributed by atoms with van der Waals surface area (Å²) >= 11 is 1.47. The zero-order valence-corrected chi connectivity index (χ0v) is 14.9. The van der Waals surface area contributed by atoms with E-state index in [-0.39, 0.29) is 17.9 Å². The zero-order valence-electron chi connectivity index (χ0n) is 14.0. The Hall–Kier alpha value is -2.14. The maximum atomic E-state index is 12.7. The molecular weight excluding hydrogens is 320 g/mol. The molecule has 126 valence electrons. The smallest absolute Gasteiger partial charge is 0.262 e. The lowest BCUT2D eigenvalue weighted by atomic mass is 10.0. The molecule has 0 radical (unpaired) electrons. The first-order valence-electron chi connectivity index (χ1n) is 8.25. The molecule has 0 aliphatic carbocycles. The minimum Gasteiger partial charge on any atom is -0.348 e. The fourth-order valence-corrected chi connectivity index (χ4v) is 3.85. The van der Waals surface area contributed by atoms with Crippen molar-refractivity contribution in [3.8, 4) is 11.1 Å². The van der Waals surface area contributed by atoms with Crippen molar-refractivity contribution in [2.24, 2.45) is 0 Å². The Morgan fingerprint density at radius 1 is 1.12 bits per heavy atom. The van der Waals surface area contributed by atoms with Crippen LogP contribution in [-0.2, 0) is 4.79 Å². The number of rotatable bonds is 3. The van der Waals surface area contributed by atoms with Crippen molar-refractivity contribution in [3.63, 3.8) is 0 Å². The number of nitrogens with one attached hydrogen (secondary N) is 1. The Bertz CT molecular complexity index is 728. The third kappa shape index (κ3) is 3.67. The number of hydrogen-bond donors (Lipinski definition) is 1. The van der Waals surface area contributed by atoms with E-state index < -0.39 is 0 Å². The number of thiophene rings is 1. The highest BCUT2D eigenvalue weighted by molar-refractivity contribution is 7.12. The van der Waals surface area contributed by atoms with Crippen molar-refractivity contribution in [3.05, 3.63) is 46.2 Å². The lowest BCUT2D eigenvalue weighted by molar-refractivity contribution is -0.129. The summed E-state index contributed by atoms with van der Waals surface area (Å²) < 4.78 is 0. The Labute approximate surface area is 146 Å². The standard InChI is InChI=1S/C19H22N2O2S/c1-13-3-5-15(6-4-13)17-9-12-24-18(17)19(23)20-16-7-10-21(11-8-16)14(2)22/h3-6,9,12,16H,7-8,10-11H2,1-2H3,(H,20,23). The molecule has 0 spiro atoms. The predicted molar refractivity (Wildman–Crippen MR) is 97.2 cm³/mol. The third-order valence-corrected chi connectivity index (χ3v) is 5.42. The second-order valence-electron chi connectivity index (χ2n) is 6.28. The molecule has 3 rings (SSSR count). The third-order valence-electron chi connectivity index (χ3n) is 4.51. The highest BCUT2D eigenvalue weighted by Crippen LogP contribution is 2.29. The molecule has 5 heteroatoms. The molecule has 4 nitrogen and oxygen atoms in total. The fourth-order valence-electron chi connectivity index (χ4n) is 3.04. The Kier molecular flexibility index (Phi) is 5.00. The Balaban J connectivity index is 1.67. The average Bonchev–Trinajstić information content (AvgIpc) is 3.06. The molecule has 24 heavy (non-hydrogen) atoms. The first-order valence-corrected chi connectivity index (χ1v) is 9.13. The minimum absolute atomic E-state index is 0.0122. The summed E-state index contributed by atoms with van der Waals surface area (Å²) in [5.41, 5.74) is 3.26. The molecule has 1 aromatic carbocycles. The van der Waals surface area contributed by atoms with Crippen LogP contribution in [0.2, 0.25) is 0 Å². The molecule has 1 aromatic heterocycles. The van der Waals surface area contributed by atoms with Gasteiger partial charge >= 0.3 is 0 Å². The number of carbonyl (C=O) groups excluding carboxylic acids is 2. The van der Waals surface area contributed by atoms with E-state index in [1.54, 1.807) is 6.92 Å². The average molecular weight is 342 g/mol. The van der Waals surface area contributed by atoms with Gasteiger partial charge in [0.05, 0.1) is 4.88 Å². The summed E-state index contributed by atoms with van der Waals surface area (Å²) in [6, 6.07) is 10.4. The summed E-state index contributed by atoms with van der Waals surface area (Å²) in [4.78, 5) is 26.6. The van der Waals surface area contributed by atoms with Gasteiger partial charge in [-0.1, -0.05) is 29.8 Å². The first-order chi connectivity index (χ1) is 11.5. The maximum Gasteiger partial charge on any atom is 0.262 e. The van der Waals surface area contributed by atoms with Crippen molar-refractivity contribution in [1.82, 2.24) is 10.2 Å². The number of aryl methyl sites for hydroxylation is 1. The van der Waals surface area contributed by atoms with E-state index in [9.17, 15) is 9.59 Å². The van der Waals surface area contributed by atoms with Crippen LogP contribution in [0.5, 0.6) is 0 Å². The van der Waals surface area contributed by atoms with Crippen LogP contribution in [0.1, 0.15) is 35.0 Å². The number of carbonyl (C=O) groups is 2. The van der Waals surface area contributed by atoms with Crippen LogP contribution in [0, 0.1) is 6.92 Å². The molecule has 2 amide bonds. The van der Waals surface area contributed by atoms with Crippen molar-refractivity contribution < 1.29 is 9.59 Å². The minimum atomic E-state index is -0.0122. The van der Waals surface area contributed by atoms with Gasteiger partial charge in [0, 0.05) is 31.6 Å². The lowest BCUT2D eigenvalue weighted by Gasteiger charge is -2.31. The van der Waals surface area contributed by atoms with Gasteiger partial charge in [0.1, 0.15) is 0 Å². The van der Waals surface area contributed by atoms with Crippen LogP contribution in [0.15, 0.2) is 35.7 Å². The van der Waals surface area contributed by atoms with Crippen LogP contribution < -0.4 is 5.32 Å². The van der Waals surface area contributed by atoms with E-state index in [0.29, 0.717) is 0 Å². The van der Waals surface area contributed by atoms with E-state index in [1.165, 1.54) is 16.9 Å². The number of nitrogens with zero attached hydrogens (tertiary/aromatic N) is 1. The number of piperidine rings is 1. The van der Waals surface area contributed by atoms with Crippen LogP contribution in [0.4, 0.5) is 0 Å². The zero-order chi connectivity index (χ0) is 17.1. The molecule has 0 atom stereocenters. The van der Waals surface area contributed by atoms with Gasteiger partial charge in [0.15, 0.2) is 0 Å². The highest BCUT2D eigenvalue weighted by Gasteiger charge is 2.23. The number of hydrogen-bond acceptors (Lipinski definition) is 3. The van der Waals surface area contributed by atoms with Crippen LogP contribution in [-0.4, -0.2) is 35.8 Å². The van der Waals surface area contributed by atoms with Gasteiger partial charge < -0.3 is 10.2 Å². The van der Waals surface area contributed by atoms with Gasteiger partial charge in [-0.05, 0) is 36.8 Å². The topological polar surface area (TPSA) is 49.4 Å². The second kappa shape index (κ2) is 7.18. The number of amides is 2. The molecule has 1 aliphatic rings. The molecule has 0 saturated carbocycles. The van der Waals surface area contributed by atoms with Gasteiger partial charge in [0.25, 0.3) is 5.91 Å². The van der Waals surface area contributed by atoms with Crippen LogP contribution in [0.3, 0.4) is 0 Å². The Morgan fingerprint density at radius 3 is 2.42 bits per heavy atom. The van der Waals surface area contributed by atoms with Crippen LogP contribution in [0.25, 0.3) is 11.1 Å². The largest absolute Gasteiger partial charge is 0.348 e. The molecular formula is C19H22N2O2S. The van der Waals surface area contributed by atoms with Gasteiger partial charge in [-0.2, -0.15) is 0 Å². The summed E-state index contributed by atoms with van der Waals surface area (Å²) in [6.45, 7) is 5.09. The summed E-state index contributed by atoms with van der Waals surface area (Å²) in [5, 5.41) is 5.10. The summed E-state index contributed by atoms with van der Waals surface area (Å²) in [6.07, 6.45) is 1.63. The van der Waals surface area contributed by atoms with Crippen molar-refractivity contribution in [2.75, 3.05) is 13.1 Å². The van der Waals surface area contributed by atoms with Crippen molar-refractivity contribution in [1.29, 1.82) is 0 Å². The molecule has 2 aromatic rings. The van der Waals surface area contributed by atoms with E-state index in [4.69, 9.17) is 0 Å². The molecule has 1 aliphatic heterocycles. The molecule has 0 bridgehead atoms. The maximum absolute atomic E-state index is 12.7. The van der Waals surface area contributed by atoms with Gasteiger partial charge in [-0.25, -0.2) is 0 Å². The number of likely N-dealkylation sites (tertiary alicyclic amines) is 1. The molecule has 1 fully saturated rings. The molecule has 1 saturated heterocycles. The van der Waals surface area contributed by atoms with Gasteiger partial charge in [-0.15, -0.1) is 11.3 Å². The first kappa shape index (κ1) is 16.7. The normalized spacial score (nSPS) is 15.3. The number of benzene rings is 1. The molecule has 0 unspecified atom stereocenters. The lowest BCUT2D eigenvalue weighted by Crippen LogP contribution is -2.45. The quantitative estimate of drug-likeness (QED) is 0.928. The second-order valence-corrected chi connectivity index (χ2v) is 7.20. The fraction of sp³-hybridized carbons (Fsp3) is 0.368. The summed E-state index contributed by atoms with van der Waals surface area (Å²) in [5.74, 6) is 0.0986. The predicted octanol–water partition coefficient (Wildman–Crippen LogP) is 3.46. The van der Waals surface area contributed by atoms with Crippen molar-refractivity contribution >= 4 is 23.2 Å². The SMILES string of the molecule is CC(=O)N1CCC(NC(=O)c2sccc2-c2ccc(C)cc2)CC1. The van der Waals surface area contributed by atoms with Crippen molar-refractivity contribution in [2.45, 2.75) is 32.7 Å². The van der Waals surface area contributed by atoms with Gasteiger partial charge in [0.2, 0.25) is 5.91 Å². The van der Waals surface area contributed by atoms with E-state index in [0.717, 1.165) is 41.9 Å².